The average molecular weight is 1050 g/mol. The maximum atomic E-state index is 2.63. The molecule has 3 heteroatoms. The molecule has 2 unspecified atom stereocenters. The average Bonchev–Trinajstić information content (AvgIpc) is 4.40. The van der Waals surface area contributed by atoms with Crippen molar-refractivity contribution in [3.8, 4) is 0 Å². The Morgan fingerprint density at radius 2 is 0.911 bits per heavy atom. The Kier molecular flexibility index (Phi) is 20.1. The van der Waals surface area contributed by atoms with Gasteiger partial charge in [-0.05, 0) is 193 Å². The predicted octanol–water partition coefficient (Wildman–Crippen LogP) is 19.6. The monoisotopic (exact) mass is 1050 g/mol. The molecule has 7 aromatic rings. The number of fused-ring (bicyclic) bond motifs is 2. The zero-order valence-electron chi connectivity index (χ0n) is 50.5. The van der Waals surface area contributed by atoms with Gasteiger partial charge in [0, 0.05) is 43.2 Å². The molecule has 3 nitrogen and oxygen atoms in total. The fourth-order valence-electron chi connectivity index (χ4n) is 12.1. The number of hydrogen-bond donors (Lipinski definition) is 0. The third-order valence-corrected chi connectivity index (χ3v) is 17.3. The molecule has 3 aliphatic rings. The van der Waals surface area contributed by atoms with Crippen LogP contribution in [0.25, 0.3) is 0 Å². The maximum Gasteiger partial charge on any atom is 0.0880 e. The minimum Gasteiger partial charge on any atom is -0.368 e. The number of anilines is 3. The highest BCUT2D eigenvalue weighted by atomic mass is 15.2. The van der Waals surface area contributed by atoms with Gasteiger partial charge in [0.2, 0.25) is 0 Å². The van der Waals surface area contributed by atoms with E-state index >= 15 is 0 Å². The second kappa shape index (κ2) is 27.1. The quantitative estimate of drug-likeness (QED) is 0.0842. The van der Waals surface area contributed by atoms with Crippen LogP contribution in [0.4, 0.5) is 17.1 Å². The van der Waals surface area contributed by atoms with Crippen LogP contribution in [0, 0.1) is 11.8 Å². The molecule has 79 heavy (non-hydrogen) atoms. The van der Waals surface area contributed by atoms with Crippen molar-refractivity contribution in [3.63, 3.8) is 0 Å². The van der Waals surface area contributed by atoms with Gasteiger partial charge in [-0.2, -0.15) is 0 Å². The van der Waals surface area contributed by atoms with Crippen LogP contribution in [0.1, 0.15) is 181 Å². The Labute approximate surface area is 479 Å². The molecule has 1 saturated carbocycles. The Balaban J connectivity index is 0.000000161. The largest absolute Gasteiger partial charge is 0.368 e. The van der Waals surface area contributed by atoms with Gasteiger partial charge in [0.05, 0.1) is 11.1 Å². The van der Waals surface area contributed by atoms with Gasteiger partial charge in [0.15, 0.2) is 0 Å². The van der Waals surface area contributed by atoms with Crippen LogP contribution in [0.15, 0.2) is 194 Å². The molecule has 0 amide bonds. The lowest BCUT2D eigenvalue weighted by atomic mass is 9.76. The molecular formula is C76H95N3. The minimum atomic E-state index is -0.177. The number of likely N-dealkylation sites (N-methyl/N-ethyl adjacent to an activating group) is 1. The molecule has 2 heterocycles. The summed E-state index contributed by atoms with van der Waals surface area (Å²) < 4.78 is 0. The molecule has 0 N–H and O–H groups in total. The summed E-state index contributed by atoms with van der Waals surface area (Å²) in [6.45, 7) is 31.3. The van der Waals surface area contributed by atoms with E-state index in [1.807, 2.05) is 0 Å². The van der Waals surface area contributed by atoms with Crippen molar-refractivity contribution in [1.29, 1.82) is 0 Å². The molecular weight excluding hydrogens is 955 g/mol. The van der Waals surface area contributed by atoms with Crippen LogP contribution in [0.3, 0.4) is 0 Å². The standard InChI is InChI=1S/C29H33N.C29H35N.C18H27N/c1-21(2)24-12-14-26(15-13-24)29(3)28-7-5-4-6-25(28)18-19-30(29)27-16-10-23(11-17-27)20-22-8-9-22;1-21(2)20-23-10-16-27(17-11-23)30-19-18-25-8-6-7-9-28(25)29(30,5)26-14-12-24(13-15-26)22(3)4;1-5-7-8-9-10-15-19(6-2)18-13-11-17(12-14-18)16(3)4/h4-7,10-17,21-22H,8-9,18-20H2,1-3H3;6-17,21-22H,18-20H2,1-5H3;7-14,16H,5-6,15H2,1-4H3/b;;8-7+,10-9+. The van der Waals surface area contributed by atoms with Gasteiger partial charge in [-0.25, -0.2) is 0 Å². The Bertz CT molecular complexity index is 2870. The van der Waals surface area contributed by atoms with Crippen LogP contribution in [-0.4, -0.2) is 26.2 Å². The first-order chi connectivity index (χ1) is 38.1. The number of allylic oxidation sites excluding steroid dienone is 3. The number of rotatable bonds is 17. The smallest absolute Gasteiger partial charge is 0.0880 e. The first-order valence-electron chi connectivity index (χ1n) is 30.4. The van der Waals surface area contributed by atoms with Gasteiger partial charge in [-0.1, -0.05) is 220 Å². The molecule has 0 saturated heterocycles. The Hall–Kier alpha value is -6.58. The van der Waals surface area contributed by atoms with Crippen molar-refractivity contribution in [1.82, 2.24) is 0 Å². The zero-order valence-corrected chi connectivity index (χ0v) is 50.5. The van der Waals surface area contributed by atoms with E-state index in [4.69, 9.17) is 0 Å². The maximum absolute atomic E-state index is 2.63. The molecule has 1 aliphatic carbocycles. The first-order valence-corrected chi connectivity index (χ1v) is 30.4. The van der Waals surface area contributed by atoms with Gasteiger partial charge in [0.1, 0.15) is 0 Å². The summed E-state index contributed by atoms with van der Waals surface area (Å²) in [6, 6.07) is 64.3. The summed E-state index contributed by atoms with van der Waals surface area (Å²) in [6.07, 6.45) is 17.1. The Morgan fingerprint density at radius 3 is 1.32 bits per heavy atom. The second-order valence-corrected chi connectivity index (χ2v) is 24.4. The van der Waals surface area contributed by atoms with Crippen LogP contribution in [-0.2, 0) is 36.8 Å². The van der Waals surface area contributed by atoms with E-state index in [0.717, 1.165) is 57.8 Å². The highest BCUT2D eigenvalue weighted by Crippen LogP contribution is 2.46. The highest BCUT2D eigenvalue weighted by molar-refractivity contribution is 5.62. The summed E-state index contributed by atoms with van der Waals surface area (Å²) in [5, 5.41) is 0. The SMILES string of the molecule is CC(C)Cc1ccc(N2CCc3ccccc3C2(C)c2ccc(C(C)C)cc2)cc1.CC(C)c1ccc(C2(C)c3ccccc3CCN2c2ccc(CC3CC3)cc2)cc1.CC/C=C/C=C/CN(CC)c1ccc(C(C)C)cc1. The minimum absolute atomic E-state index is 0.164. The molecule has 0 bridgehead atoms. The molecule has 0 aromatic heterocycles. The van der Waals surface area contributed by atoms with Crippen LogP contribution >= 0.6 is 0 Å². The lowest BCUT2D eigenvalue weighted by Gasteiger charge is -2.48. The molecule has 0 radical (unpaired) electrons. The second-order valence-electron chi connectivity index (χ2n) is 24.4. The van der Waals surface area contributed by atoms with Crippen LogP contribution in [0.5, 0.6) is 0 Å². The van der Waals surface area contributed by atoms with E-state index in [1.165, 1.54) is 97.5 Å². The lowest BCUT2D eigenvalue weighted by Crippen LogP contribution is -2.49. The van der Waals surface area contributed by atoms with Crippen molar-refractivity contribution >= 4 is 17.1 Å². The van der Waals surface area contributed by atoms with Crippen LogP contribution in [0.2, 0.25) is 0 Å². The van der Waals surface area contributed by atoms with E-state index < -0.39 is 0 Å². The van der Waals surface area contributed by atoms with Gasteiger partial charge in [0.25, 0.3) is 0 Å². The topological polar surface area (TPSA) is 9.72 Å². The van der Waals surface area contributed by atoms with E-state index in [0.29, 0.717) is 23.7 Å². The van der Waals surface area contributed by atoms with Crippen molar-refractivity contribution < 1.29 is 0 Å². The summed E-state index contributed by atoms with van der Waals surface area (Å²) in [5.41, 5.74) is 19.3. The normalized spacial score (nSPS) is 17.9. The van der Waals surface area contributed by atoms with Gasteiger partial charge < -0.3 is 14.7 Å². The summed E-state index contributed by atoms with van der Waals surface area (Å²) >= 11 is 0. The number of hydrogen-bond acceptors (Lipinski definition) is 3. The molecule has 1 fully saturated rings. The molecule has 414 valence electrons. The molecule has 10 rings (SSSR count). The van der Waals surface area contributed by atoms with Gasteiger partial charge >= 0.3 is 0 Å². The van der Waals surface area contributed by atoms with E-state index in [1.54, 1.807) is 0 Å². The fraction of sp³-hybridized carbons (Fsp3) is 0.395. The summed E-state index contributed by atoms with van der Waals surface area (Å²) in [4.78, 5) is 7.61. The number of nitrogens with zero attached hydrogens (tertiary/aromatic N) is 3. The van der Waals surface area contributed by atoms with E-state index in [2.05, 4.69) is 292 Å². The molecule has 7 aromatic carbocycles. The van der Waals surface area contributed by atoms with Crippen LogP contribution < -0.4 is 14.7 Å². The van der Waals surface area contributed by atoms with Gasteiger partial charge in [-0.15, -0.1) is 0 Å². The zero-order chi connectivity index (χ0) is 56.1. The van der Waals surface area contributed by atoms with Crippen molar-refractivity contribution in [2.45, 2.75) is 157 Å². The first kappa shape index (κ1) is 58.6. The predicted molar refractivity (Wildman–Crippen MR) is 344 cm³/mol. The van der Waals surface area contributed by atoms with E-state index in [-0.39, 0.29) is 11.1 Å². The van der Waals surface area contributed by atoms with Gasteiger partial charge in [-0.3, -0.25) is 0 Å². The third kappa shape index (κ3) is 14.2. The molecule has 0 spiro atoms. The third-order valence-electron chi connectivity index (χ3n) is 17.3. The Morgan fingerprint density at radius 1 is 0.494 bits per heavy atom. The fourth-order valence-corrected chi connectivity index (χ4v) is 12.1. The van der Waals surface area contributed by atoms with Crippen molar-refractivity contribution in [2.75, 3.05) is 40.9 Å². The van der Waals surface area contributed by atoms with E-state index in [9.17, 15) is 0 Å². The summed E-state index contributed by atoms with van der Waals surface area (Å²) in [7, 11) is 0. The van der Waals surface area contributed by atoms with Crippen molar-refractivity contribution in [2.24, 2.45) is 11.8 Å². The highest BCUT2D eigenvalue weighted by Gasteiger charge is 2.42. The summed E-state index contributed by atoms with van der Waals surface area (Å²) in [5.74, 6) is 3.32. The molecule has 2 aliphatic heterocycles. The number of benzene rings is 7. The lowest BCUT2D eigenvalue weighted by molar-refractivity contribution is 0.489. The molecule has 2 atom stereocenters. The van der Waals surface area contributed by atoms with Crippen molar-refractivity contribution in [3.05, 3.63) is 255 Å².